The number of carbonyl (C=O) groups is 2. The van der Waals surface area contributed by atoms with Crippen molar-refractivity contribution < 1.29 is 18.4 Å². The number of carbonyl (C=O) groups excluding carboxylic acids is 2. The van der Waals surface area contributed by atoms with Gasteiger partial charge in [0, 0.05) is 17.0 Å². The topological polar surface area (TPSA) is 88.3 Å². The quantitative estimate of drug-likeness (QED) is 0.595. The summed E-state index contributed by atoms with van der Waals surface area (Å²) in [5.41, 5.74) is 0.224. The number of benzene rings is 1. The summed E-state index contributed by atoms with van der Waals surface area (Å²) in [6, 6.07) is 8.26. The van der Waals surface area contributed by atoms with E-state index in [9.17, 15) is 14.0 Å². The molecule has 7 nitrogen and oxygen atoms in total. The van der Waals surface area contributed by atoms with Crippen LogP contribution in [-0.4, -0.2) is 32.3 Å². The number of hydrogen-bond acceptors (Lipinski definition) is 6. The van der Waals surface area contributed by atoms with Gasteiger partial charge in [-0.3, -0.25) is 9.59 Å². The molecule has 31 heavy (non-hydrogen) atoms. The molecule has 0 aliphatic heterocycles. The largest absolute Gasteiger partial charge is 0.467 e. The van der Waals surface area contributed by atoms with Gasteiger partial charge in [0.2, 0.25) is 5.91 Å². The first-order chi connectivity index (χ1) is 15.1. The second-order valence-electron chi connectivity index (χ2n) is 7.57. The second-order valence-corrected chi connectivity index (χ2v) is 8.18. The van der Waals surface area contributed by atoms with Crippen molar-refractivity contribution in [3.63, 3.8) is 0 Å². The lowest BCUT2D eigenvalue weighted by molar-refractivity contribution is -0.127. The Morgan fingerprint density at radius 2 is 2.00 bits per heavy atom. The summed E-state index contributed by atoms with van der Waals surface area (Å²) in [5, 5.41) is 8.41. The molecule has 1 aliphatic rings. The van der Waals surface area contributed by atoms with Gasteiger partial charge < -0.3 is 14.6 Å². The Morgan fingerprint density at radius 1 is 1.19 bits per heavy atom. The molecule has 2 heterocycles. The summed E-state index contributed by atoms with van der Waals surface area (Å²) in [6.45, 7) is -0.0134. The van der Waals surface area contributed by atoms with Crippen LogP contribution in [0.3, 0.4) is 0 Å². The van der Waals surface area contributed by atoms with E-state index in [2.05, 4.69) is 14.9 Å². The molecule has 9 heteroatoms. The van der Waals surface area contributed by atoms with E-state index in [0.29, 0.717) is 5.76 Å². The van der Waals surface area contributed by atoms with E-state index in [-0.39, 0.29) is 23.8 Å². The van der Waals surface area contributed by atoms with Crippen LogP contribution < -0.4 is 5.32 Å². The van der Waals surface area contributed by atoms with E-state index in [1.165, 1.54) is 28.7 Å². The zero-order chi connectivity index (χ0) is 21.6. The molecule has 162 valence electrons. The monoisotopic (exact) mass is 442 g/mol. The van der Waals surface area contributed by atoms with Crippen LogP contribution in [0.15, 0.2) is 52.5 Å². The van der Waals surface area contributed by atoms with Crippen LogP contribution in [0.4, 0.5) is 4.39 Å². The maximum absolute atomic E-state index is 14.9. The number of amides is 2. The fourth-order valence-corrected chi connectivity index (χ4v) is 4.36. The highest BCUT2D eigenvalue weighted by atomic mass is 32.1. The number of nitrogens with one attached hydrogen (secondary N) is 1. The third-order valence-corrected chi connectivity index (χ3v) is 5.96. The van der Waals surface area contributed by atoms with Gasteiger partial charge in [0.15, 0.2) is 5.69 Å². The van der Waals surface area contributed by atoms with Gasteiger partial charge in [-0.2, -0.15) is 0 Å². The highest BCUT2D eigenvalue weighted by molar-refractivity contribution is 7.03. The average molecular weight is 443 g/mol. The molecule has 1 aliphatic carbocycles. The maximum atomic E-state index is 14.9. The molecule has 1 atom stereocenters. The third-order valence-electron chi connectivity index (χ3n) is 5.46. The van der Waals surface area contributed by atoms with Gasteiger partial charge in [-0.05, 0) is 42.6 Å². The molecular formula is C22H23FN4O3S. The Hall–Kier alpha value is -3.07. The minimum Gasteiger partial charge on any atom is -0.467 e. The number of nitrogens with zero attached hydrogens (tertiary/aromatic N) is 3. The molecule has 3 aromatic rings. The number of hydrogen-bond donors (Lipinski definition) is 1. The van der Waals surface area contributed by atoms with Crippen LogP contribution in [0.5, 0.6) is 0 Å². The van der Waals surface area contributed by atoms with Gasteiger partial charge in [-0.15, -0.1) is 5.10 Å². The lowest BCUT2D eigenvalue weighted by Gasteiger charge is -2.32. The van der Waals surface area contributed by atoms with Crippen LogP contribution in [0, 0.1) is 5.82 Å². The Bertz CT molecular complexity index is 1000. The van der Waals surface area contributed by atoms with Gasteiger partial charge in [-0.1, -0.05) is 41.9 Å². The molecule has 1 aromatic carbocycles. The SMILES string of the molecule is O=C(NC1CCCCC1)C(c1ccccc1F)N(Cc1ccco1)C(=O)c1csnn1. The lowest BCUT2D eigenvalue weighted by atomic mass is 9.94. The highest BCUT2D eigenvalue weighted by Gasteiger charge is 2.36. The number of halogens is 1. The van der Waals surface area contributed by atoms with Crippen LogP contribution in [0.25, 0.3) is 0 Å². The molecule has 1 N–H and O–H groups in total. The second kappa shape index (κ2) is 9.82. The molecule has 4 rings (SSSR count). The first kappa shape index (κ1) is 21.2. The fourth-order valence-electron chi connectivity index (χ4n) is 3.93. The van der Waals surface area contributed by atoms with Crippen molar-refractivity contribution in [3.8, 4) is 0 Å². The minimum atomic E-state index is -1.18. The zero-order valence-electron chi connectivity index (χ0n) is 16.9. The van der Waals surface area contributed by atoms with E-state index in [4.69, 9.17) is 4.42 Å². The molecule has 0 bridgehead atoms. The summed E-state index contributed by atoms with van der Waals surface area (Å²) in [4.78, 5) is 28.1. The smallest absolute Gasteiger partial charge is 0.276 e. The zero-order valence-corrected chi connectivity index (χ0v) is 17.7. The molecule has 1 saturated carbocycles. The predicted molar refractivity (Wildman–Crippen MR) is 113 cm³/mol. The fraction of sp³-hybridized carbons (Fsp3) is 0.364. The van der Waals surface area contributed by atoms with Crippen LogP contribution in [0.2, 0.25) is 0 Å². The summed E-state index contributed by atoms with van der Waals surface area (Å²) in [7, 11) is 0. The van der Waals surface area contributed by atoms with Gasteiger partial charge in [0.05, 0.1) is 12.8 Å². The average Bonchev–Trinajstić information content (AvgIpc) is 3.49. The van der Waals surface area contributed by atoms with Crippen molar-refractivity contribution in [2.75, 3.05) is 0 Å². The van der Waals surface area contributed by atoms with E-state index in [1.807, 2.05) is 0 Å². The van der Waals surface area contributed by atoms with E-state index >= 15 is 0 Å². The van der Waals surface area contributed by atoms with Crippen molar-refractivity contribution in [1.29, 1.82) is 0 Å². The standard InChI is InChI=1S/C22H23FN4O3S/c23-18-11-5-4-10-17(18)20(21(28)24-15-7-2-1-3-8-15)27(13-16-9-6-12-30-16)22(29)19-14-31-26-25-19/h4-6,9-12,14-15,20H,1-3,7-8,13H2,(H,24,28). The van der Waals surface area contributed by atoms with E-state index in [0.717, 1.165) is 43.6 Å². The molecule has 2 aromatic heterocycles. The Balaban J connectivity index is 1.72. The van der Waals surface area contributed by atoms with Gasteiger partial charge in [0.25, 0.3) is 5.91 Å². The van der Waals surface area contributed by atoms with Crippen molar-refractivity contribution in [2.45, 2.75) is 50.7 Å². The Kier molecular flexibility index (Phi) is 6.71. The number of aromatic nitrogens is 2. The van der Waals surface area contributed by atoms with Crippen molar-refractivity contribution in [3.05, 3.63) is 70.9 Å². The molecule has 0 saturated heterocycles. The third kappa shape index (κ3) is 4.99. The molecule has 0 spiro atoms. The first-order valence-corrected chi connectivity index (χ1v) is 11.1. The normalized spacial score (nSPS) is 15.4. The summed E-state index contributed by atoms with van der Waals surface area (Å²) >= 11 is 1.03. The van der Waals surface area contributed by atoms with Crippen molar-refractivity contribution in [1.82, 2.24) is 19.8 Å². The molecule has 2 amide bonds. The highest BCUT2D eigenvalue weighted by Crippen LogP contribution is 2.29. The Labute approximate surface area is 183 Å². The summed E-state index contributed by atoms with van der Waals surface area (Å²) in [5.74, 6) is -1.01. The van der Waals surface area contributed by atoms with Crippen LogP contribution >= 0.6 is 11.5 Å². The van der Waals surface area contributed by atoms with Gasteiger partial charge in [0.1, 0.15) is 17.6 Å². The van der Waals surface area contributed by atoms with E-state index in [1.54, 1.807) is 24.3 Å². The molecule has 1 fully saturated rings. The summed E-state index contributed by atoms with van der Waals surface area (Å²) in [6.07, 6.45) is 6.45. The van der Waals surface area contributed by atoms with Crippen molar-refractivity contribution in [2.24, 2.45) is 0 Å². The summed E-state index contributed by atoms with van der Waals surface area (Å²) < 4.78 is 24.0. The number of furan rings is 1. The van der Waals surface area contributed by atoms with Crippen LogP contribution in [0.1, 0.15) is 60.0 Å². The minimum absolute atomic E-state index is 0.0111. The van der Waals surface area contributed by atoms with Crippen molar-refractivity contribution >= 4 is 23.3 Å². The predicted octanol–water partition coefficient (Wildman–Crippen LogP) is 4.10. The van der Waals surface area contributed by atoms with Gasteiger partial charge in [-0.25, -0.2) is 4.39 Å². The Morgan fingerprint density at radius 3 is 2.68 bits per heavy atom. The lowest BCUT2D eigenvalue weighted by Crippen LogP contribution is -2.47. The van der Waals surface area contributed by atoms with E-state index < -0.39 is 23.7 Å². The first-order valence-electron chi connectivity index (χ1n) is 10.3. The maximum Gasteiger partial charge on any atom is 0.276 e. The molecule has 0 radical (unpaired) electrons. The van der Waals surface area contributed by atoms with Crippen LogP contribution in [-0.2, 0) is 11.3 Å². The molecule has 1 unspecified atom stereocenters. The molecular weight excluding hydrogens is 419 g/mol. The van der Waals surface area contributed by atoms with Gasteiger partial charge >= 0.3 is 0 Å². The number of rotatable bonds is 7.